The van der Waals surface area contributed by atoms with Gasteiger partial charge in [-0.25, -0.2) is 8.42 Å². The first-order chi connectivity index (χ1) is 18.1. The van der Waals surface area contributed by atoms with Crippen molar-refractivity contribution in [3.05, 3.63) is 60.2 Å². The summed E-state index contributed by atoms with van der Waals surface area (Å²) in [5, 5.41) is 23.7. The highest BCUT2D eigenvalue weighted by Gasteiger charge is 2.36. The van der Waals surface area contributed by atoms with Crippen LogP contribution in [-0.2, 0) is 30.7 Å². The molecular formula is C26H33N2O9S-. The monoisotopic (exact) mass is 549 g/mol. The molecule has 1 amide bonds. The molecule has 11 nitrogen and oxygen atoms in total. The summed E-state index contributed by atoms with van der Waals surface area (Å²) in [6, 6.07) is 12.8. The van der Waals surface area contributed by atoms with Gasteiger partial charge in [0, 0.05) is 19.5 Å². The number of carboxylic acid groups (broad SMARTS) is 1. The summed E-state index contributed by atoms with van der Waals surface area (Å²) >= 11 is 0. The Kier molecular flexibility index (Phi) is 10.6. The number of nitrogens with zero attached hydrogens (tertiary/aromatic N) is 2. The molecular weight excluding hydrogens is 516 g/mol. The number of carbonyl (C=O) groups is 2. The molecule has 0 spiro atoms. The molecule has 0 aliphatic carbocycles. The molecule has 1 fully saturated rings. The minimum absolute atomic E-state index is 0.0161. The molecule has 12 heteroatoms. The van der Waals surface area contributed by atoms with Crippen molar-refractivity contribution in [1.82, 2.24) is 9.21 Å². The van der Waals surface area contributed by atoms with Gasteiger partial charge in [-0.1, -0.05) is 30.3 Å². The van der Waals surface area contributed by atoms with E-state index >= 15 is 0 Å². The van der Waals surface area contributed by atoms with Crippen LogP contribution >= 0.6 is 0 Å². The quantitative estimate of drug-likeness (QED) is 0.381. The Balaban J connectivity index is 1.95. The van der Waals surface area contributed by atoms with E-state index in [4.69, 9.17) is 14.2 Å². The van der Waals surface area contributed by atoms with Gasteiger partial charge in [-0.2, -0.15) is 4.31 Å². The van der Waals surface area contributed by atoms with Gasteiger partial charge in [-0.05, 0) is 43.2 Å². The highest BCUT2D eigenvalue weighted by molar-refractivity contribution is 7.89. The minimum atomic E-state index is -4.16. The summed E-state index contributed by atoms with van der Waals surface area (Å²) in [5.74, 6) is 0.229. The fourth-order valence-corrected chi connectivity index (χ4v) is 5.74. The molecule has 208 valence electrons. The number of hydrogen-bond acceptors (Lipinski definition) is 9. The Morgan fingerprint density at radius 1 is 1.11 bits per heavy atom. The number of benzene rings is 2. The molecule has 1 heterocycles. The molecule has 1 N–H and O–H groups in total. The first kappa shape index (κ1) is 29.5. The number of aliphatic hydroxyl groups excluding tert-OH is 1. The number of amides is 1. The standard InChI is InChI=1S/C26H34N2O9S/c1-19(29)12-13-27(38(33,34)23-10-8-22(35-2)9-11-23)15-25(30)24(14-20-6-4-3-5-7-20)28(26(31)32)21-16-36-18-37-17-21/h3-11,21,24-25,30H,12-18H2,1-2H3,(H,31,32)/p-1/t24-,25+/m0/s1. The second kappa shape index (κ2) is 13.7. The van der Waals surface area contributed by atoms with Crippen LogP contribution in [0.4, 0.5) is 4.79 Å². The third-order valence-electron chi connectivity index (χ3n) is 6.28. The molecule has 0 bridgehead atoms. The minimum Gasteiger partial charge on any atom is -0.530 e. The maximum atomic E-state index is 13.5. The Morgan fingerprint density at radius 3 is 2.29 bits per heavy atom. The second-order valence-corrected chi connectivity index (χ2v) is 10.9. The van der Waals surface area contributed by atoms with Gasteiger partial charge in [0.25, 0.3) is 0 Å². The molecule has 3 rings (SSSR count). The average molecular weight is 550 g/mol. The summed E-state index contributed by atoms with van der Waals surface area (Å²) in [6.07, 6.45) is -3.03. The van der Waals surface area contributed by atoms with Crippen LogP contribution in [0.1, 0.15) is 18.9 Å². The van der Waals surface area contributed by atoms with E-state index in [1.165, 1.54) is 38.3 Å². The topological polar surface area (TPSA) is 146 Å². The zero-order chi connectivity index (χ0) is 27.7. The van der Waals surface area contributed by atoms with Crippen molar-refractivity contribution < 1.29 is 42.4 Å². The molecule has 0 unspecified atom stereocenters. The third-order valence-corrected chi connectivity index (χ3v) is 8.16. The number of methoxy groups -OCH3 is 1. The Bertz CT molecular complexity index is 1150. The third kappa shape index (κ3) is 7.74. The van der Waals surface area contributed by atoms with Crippen LogP contribution in [0.5, 0.6) is 5.75 Å². The van der Waals surface area contributed by atoms with Crippen LogP contribution < -0.4 is 9.84 Å². The maximum Gasteiger partial charge on any atom is 0.243 e. The van der Waals surface area contributed by atoms with Gasteiger partial charge in [0.2, 0.25) is 10.0 Å². The van der Waals surface area contributed by atoms with Crippen molar-refractivity contribution in [3.63, 3.8) is 0 Å². The van der Waals surface area contributed by atoms with E-state index in [2.05, 4.69) is 0 Å². The maximum absolute atomic E-state index is 13.5. The van der Waals surface area contributed by atoms with Gasteiger partial charge in [-0.3, -0.25) is 4.79 Å². The van der Waals surface area contributed by atoms with Crippen molar-refractivity contribution in [2.75, 3.05) is 40.2 Å². The molecule has 0 aromatic heterocycles. The average Bonchev–Trinajstić information content (AvgIpc) is 2.91. The van der Waals surface area contributed by atoms with Crippen molar-refractivity contribution in [1.29, 1.82) is 0 Å². The Morgan fingerprint density at radius 2 is 1.74 bits per heavy atom. The van der Waals surface area contributed by atoms with Crippen LogP contribution in [0, 0.1) is 0 Å². The lowest BCUT2D eigenvalue weighted by Crippen LogP contribution is -2.62. The normalized spacial score (nSPS) is 16.1. The van der Waals surface area contributed by atoms with E-state index in [0.29, 0.717) is 5.75 Å². The van der Waals surface area contributed by atoms with Crippen LogP contribution in [0.15, 0.2) is 59.5 Å². The Labute approximate surface area is 222 Å². The summed E-state index contributed by atoms with van der Waals surface area (Å²) in [7, 11) is -2.70. The summed E-state index contributed by atoms with van der Waals surface area (Å²) in [5.41, 5.74) is 0.730. The fourth-order valence-electron chi connectivity index (χ4n) is 4.29. The van der Waals surface area contributed by atoms with Crippen molar-refractivity contribution >= 4 is 21.9 Å². The van der Waals surface area contributed by atoms with Gasteiger partial charge in [0.15, 0.2) is 0 Å². The van der Waals surface area contributed by atoms with E-state index in [9.17, 15) is 28.2 Å². The van der Waals surface area contributed by atoms with Crippen LogP contribution in [-0.4, -0.2) is 93.0 Å². The summed E-state index contributed by atoms with van der Waals surface area (Å²) in [6.45, 7) is 0.765. The predicted molar refractivity (Wildman–Crippen MR) is 135 cm³/mol. The lowest BCUT2D eigenvalue weighted by Gasteiger charge is -2.43. The van der Waals surface area contributed by atoms with E-state index in [1.807, 2.05) is 0 Å². The molecule has 0 radical (unpaired) electrons. The molecule has 2 atom stereocenters. The van der Waals surface area contributed by atoms with Crippen LogP contribution in [0.25, 0.3) is 0 Å². The first-order valence-corrected chi connectivity index (χ1v) is 13.6. The number of carbonyl (C=O) groups excluding carboxylic acids is 2. The molecule has 1 aliphatic heterocycles. The van der Waals surface area contributed by atoms with Gasteiger partial charge >= 0.3 is 0 Å². The number of sulfonamides is 1. The van der Waals surface area contributed by atoms with Crippen molar-refractivity contribution in [3.8, 4) is 5.75 Å². The molecule has 2 aromatic rings. The lowest BCUT2D eigenvalue weighted by molar-refractivity contribution is -0.278. The van der Waals surface area contributed by atoms with E-state index in [1.54, 1.807) is 30.3 Å². The van der Waals surface area contributed by atoms with Crippen LogP contribution in [0.2, 0.25) is 0 Å². The molecule has 38 heavy (non-hydrogen) atoms. The van der Waals surface area contributed by atoms with E-state index < -0.39 is 40.8 Å². The molecule has 2 aromatic carbocycles. The number of aliphatic hydroxyl groups is 1. The van der Waals surface area contributed by atoms with Gasteiger partial charge in [0.1, 0.15) is 24.4 Å². The highest BCUT2D eigenvalue weighted by atomic mass is 32.2. The number of ether oxygens (including phenoxy) is 3. The summed E-state index contributed by atoms with van der Waals surface area (Å²) < 4.78 is 43.8. The highest BCUT2D eigenvalue weighted by Crippen LogP contribution is 2.23. The second-order valence-electron chi connectivity index (χ2n) is 9.00. The number of ketones is 1. The SMILES string of the molecule is COc1ccc(S(=O)(=O)N(CCC(C)=O)C[C@@H](O)[C@H](Cc2ccccc2)N(C(=O)[O-])C2COCOC2)cc1. The zero-order valence-corrected chi connectivity index (χ0v) is 22.2. The fraction of sp³-hybridized carbons (Fsp3) is 0.462. The van der Waals surface area contributed by atoms with Crippen LogP contribution in [0.3, 0.4) is 0 Å². The lowest BCUT2D eigenvalue weighted by atomic mass is 9.98. The van der Waals surface area contributed by atoms with Crippen molar-refractivity contribution in [2.24, 2.45) is 0 Å². The zero-order valence-electron chi connectivity index (χ0n) is 21.4. The summed E-state index contributed by atoms with van der Waals surface area (Å²) in [4.78, 5) is 25.0. The number of hydrogen-bond donors (Lipinski definition) is 1. The number of Topliss-reactive ketones (excluding diaryl/α,β-unsaturated/α-hetero) is 1. The predicted octanol–water partition coefficient (Wildman–Crippen LogP) is 0.655. The van der Waals surface area contributed by atoms with E-state index in [-0.39, 0.29) is 50.1 Å². The molecule has 0 saturated carbocycles. The molecule has 1 saturated heterocycles. The van der Waals surface area contributed by atoms with Gasteiger partial charge < -0.3 is 34.1 Å². The van der Waals surface area contributed by atoms with Gasteiger partial charge in [-0.15, -0.1) is 0 Å². The smallest absolute Gasteiger partial charge is 0.243 e. The van der Waals surface area contributed by atoms with Gasteiger partial charge in [0.05, 0.1) is 43.4 Å². The number of rotatable bonds is 13. The first-order valence-electron chi connectivity index (χ1n) is 12.1. The van der Waals surface area contributed by atoms with E-state index in [0.717, 1.165) is 14.8 Å². The Hall–Kier alpha value is -3.03. The molecule has 1 aliphatic rings. The largest absolute Gasteiger partial charge is 0.530 e. The van der Waals surface area contributed by atoms with Crippen molar-refractivity contribution in [2.45, 2.75) is 42.8 Å².